The van der Waals surface area contributed by atoms with Crippen LogP contribution < -0.4 is 31.5 Å². The van der Waals surface area contributed by atoms with E-state index < -0.39 is 6.04 Å². The molecule has 0 aliphatic carbocycles. The Morgan fingerprint density at radius 1 is 0.594 bits per heavy atom. The minimum absolute atomic E-state index is 0.0171. The van der Waals surface area contributed by atoms with E-state index in [4.69, 9.17) is 0 Å². The summed E-state index contributed by atoms with van der Waals surface area (Å²) in [5.41, 5.74) is -0.0377. The van der Waals surface area contributed by atoms with Crippen LogP contribution in [-0.2, 0) is 14.4 Å². The quantitative estimate of drug-likeness (QED) is 0.0770. The Bertz CT molecular complexity index is 535. The molecule has 0 aromatic heterocycles. The summed E-state index contributed by atoms with van der Waals surface area (Å²) in [4.78, 5) is 36.9. The van der Waals surface area contributed by atoms with Gasteiger partial charge in [0, 0.05) is 6.54 Å². The minimum Gasteiger partial charge on any atom is -0.362 e. The van der Waals surface area contributed by atoms with Gasteiger partial charge in [-0.15, -0.1) is 0 Å². The average molecular weight is 446 g/mol. The van der Waals surface area contributed by atoms with Gasteiger partial charge in [-0.1, -0.05) is 12.8 Å². The summed E-state index contributed by atoms with van der Waals surface area (Å²) in [5.74, 6) is -0.107. The summed E-state index contributed by atoms with van der Waals surface area (Å²) < 4.78 is 0. The lowest BCUT2D eigenvalue weighted by molar-refractivity contribution is -0.126. The van der Waals surface area contributed by atoms with E-state index in [9.17, 15) is 14.4 Å². The van der Waals surface area contributed by atoms with Crippen molar-refractivity contribution in [3.8, 4) is 0 Å². The van der Waals surface area contributed by atoms with Gasteiger partial charge in [-0.25, -0.2) is 0 Å². The average Bonchev–Trinajstić information content (AvgIpc) is 2.77. The van der Waals surface area contributed by atoms with E-state index in [2.05, 4.69) is 31.5 Å². The second-order valence-corrected chi connectivity index (χ2v) is 8.34. The van der Waals surface area contributed by atoms with E-state index in [1.165, 1.54) is 7.85 Å². The van der Waals surface area contributed by atoms with Crippen molar-refractivity contribution in [2.75, 3.05) is 19.6 Å². The van der Waals surface area contributed by atoms with Crippen LogP contribution in [0.2, 0.25) is 0 Å². The highest BCUT2D eigenvalue weighted by Gasteiger charge is 2.22. The van der Waals surface area contributed by atoms with Gasteiger partial charge in [0.1, 0.15) is 5.68 Å². The largest absolute Gasteiger partial charge is 0.362 e. The van der Waals surface area contributed by atoms with E-state index in [-0.39, 0.29) is 29.6 Å². The van der Waals surface area contributed by atoms with Crippen molar-refractivity contribution in [1.82, 2.24) is 31.5 Å². The van der Waals surface area contributed by atoms with Crippen molar-refractivity contribution in [2.24, 2.45) is 0 Å². The lowest BCUT2D eigenvalue weighted by atomic mass is 9.91. The Kier molecular flexibility index (Phi) is 19.6. The molecule has 3 unspecified atom stereocenters. The molecular weight excluding hydrogens is 402 g/mol. The SMILES string of the molecule is BNCCCCC(NB)C(=O)NCCCCC(NC(=O)C(CCCCNB)NB)C(B)=O. The normalized spacial score (nSPS) is 13.8. The predicted molar refractivity (Wildman–Crippen MR) is 144 cm³/mol. The molecule has 0 radical (unpaired) electrons. The van der Waals surface area contributed by atoms with Gasteiger partial charge in [-0.3, -0.25) is 9.59 Å². The molecule has 178 valence electrons. The number of amides is 2. The maximum Gasteiger partial charge on any atom is 0.236 e. The summed E-state index contributed by atoms with van der Waals surface area (Å²) >= 11 is 0. The summed E-state index contributed by atoms with van der Waals surface area (Å²) in [7, 11) is 8.93. The van der Waals surface area contributed by atoms with Gasteiger partial charge < -0.3 is 36.3 Å². The fourth-order valence-electron chi connectivity index (χ4n) is 3.57. The predicted octanol–water partition coefficient (Wildman–Crippen LogP) is -5.45. The molecule has 0 rings (SSSR count). The monoisotopic (exact) mass is 446 g/mol. The third-order valence-electron chi connectivity index (χ3n) is 5.70. The maximum absolute atomic E-state index is 12.6. The molecule has 0 saturated heterocycles. The first-order valence-corrected chi connectivity index (χ1v) is 12.1. The Morgan fingerprint density at radius 2 is 1.03 bits per heavy atom. The van der Waals surface area contributed by atoms with Crippen molar-refractivity contribution >= 4 is 57.3 Å². The van der Waals surface area contributed by atoms with Gasteiger partial charge in [0.05, 0.1) is 18.1 Å². The molecule has 0 saturated carbocycles. The van der Waals surface area contributed by atoms with Crippen LogP contribution in [0.3, 0.4) is 0 Å². The zero-order chi connectivity index (χ0) is 24.2. The van der Waals surface area contributed by atoms with E-state index in [1.54, 1.807) is 7.98 Å². The van der Waals surface area contributed by atoms with Crippen molar-refractivity contribution in [2.45, 2.75) is 75.9 Å². The van der Waals surface area contributed by atoms with Crippen molar-refractivity contribution < 1.29 is 14.4 Å². The molecule has 9 nitrogen and oxygen atoms in total. The van der Waals surface area contributed by atoms with Crippen LogP contribution in [0.1, 0.15) is 57.8 Å². The number of rotatable bonds is 21. The van der Waals surface area contributed by atoms with Crippen LogP contribution in [0.25, 0.3) is 0 Å². The fourth-order valence-corrected chi connectivity index (χ4v) is 3.57. The van der Waals surface area contributed by atoms with Gasteiger partial charge >= 0.3 is 0 Å². The topological polar surface area (TPSA) is 123 Å². The van der Waals surface area contributed by atoms with Gasteiger partial charge in [-0.05, 0) is 58.0 Å². The van der Waals surface area contributed by atoms with E-state index in [0.717, 1.165) is 64.5 Å². The molecule has 0 bridgehead atoms. The Hall–Kier alpha value is -1.23. The molecule has 0 heterocycles. The van der Waals surface area contributed by atoms with Crippen molar-refractivity contribution in [3.63, 3.8) is 0 Å². The summed E-state index contributed by atoms with van der Waals surface area (Å²) in [6.45, 7) is 2.45. The highest BCUT2D eigenvalue weighted by Crippen LogP contribution is 2.05. The van der Waals surface area contributed by atoms with Gasteiger partial charge in [0.2, 0.25) is 11.8 Å². The van der Waals surface area contributed by atoms with E-state index in [0.29, 0.717) is 13.0 Å². The smallest absolute Gasteiger partial charge is 0.236 e. The fraction of sp³-hybridized carbons (Fsp3) is 0.833. The molecule has 3 atom stereocenters. The summed E-state index contributed by atoms with van der Waals surface area (Å²) in [6.07, 6.45) is 7.62. The third-order valence-corrected chi connectivity index (χ3v) is 5.70. The molecule has 2 amide bonds. The second kappa shape index (κ2) is 20.4. The highest BCUT2D eigenvalue weighted by atomic mass is 16.2. The zero-order valence-electron chi connectivity index (χ0n) is 20.9. The standard InChI is InChI=1S/C18H43B5N6O3/c19-16(30)13(27-18(32)15(29-23)9-3-6-12-26-21)7-1-4-10-24-17(31)14(28-22)8-2-5-11-25-20/h13-15,25-26,28-29H,1-12,19-23H2,(H,24,31)(H,27,32). The van der Waals surface area contributed by atoms with Gasteiger partial charge in [-0.2, -0.15) is 0 Å². The van der Waals surface area contributed by atoms with Crippen molar-refractivity contribution in [1.29, 1.82) is 0 Å². The van der Waals surface area contributed by atoms with Crippen LogP contribution in [0.4, 0.5) is 0 Å². The van der Waals surface area contributed by atoms with Crippen LogP contribution >= 0.6 is 0 Å². The Labute approximate surface area is 199 Å². The summed E-state index contributed by atoms with van der Waals surface area (Å²) in [5, 5.41) is 18.2. The first-order chi connectivity index (χ1) is 15.4. The number of carbonyl (C=O) groups excluding carboxylic acids is 3. The molecular formula is C18H43B5N6O3. The van der Waals surface area contributed by atoms with Gasteiger partial charge in [0.25, 0.3) is 0 Å². The molecule has 14 heteroatoms. The molecule has 32 heavy (non-hydrogen) atoms. The Morgan fingerprint density at radius 3 is 1.47 bits per heavy atom. The highest BCUT2D eigenvalue weighted by molar-refractivity contribution is 6.59. The van der Waals surface area contributed by atoms with E-state index in [1.807, 2.05) is 23.9 Å². The summed E-state index contributed by atoms with van der Waals surface area (Å²) in [6, 6.07) is -0.953. The van der Waals surface area contributed by atoms with E-state index >= 15 is 0 Å². The second-order valence-electron chi connectivity index (χ2n) is 8.34. The lowest BCUT2D eigenvalue weighted by Crippen LogP contribution is -2.49. The maximum atomic E-state index is 12.6. The number of hydrogen-bond donors (Lipinski definition) is 6. The third kappa shape index (κ3) is 14.8. The number of carbonyl (C=O) groups is 3. The van der Waals surface area contributed by atoms with Crippen LogP contribution in [0.15, 0.2) is 0 Å². The first kappa shape index (κ1) is 30.8. The molecule has 0 fully saturated rings. The molecule has 0 aliphatic heterocycles. The van der Waals surface area contributed by atoms with Crippen LogP contribution in [0.5, 0.6) is 0 Å². The van der Waals surface area contributed by atoms with Gasteiger partial charge in [0.15, 0.2) is 39.8 Å². The molecule has 0 aromatic rings. The number of hydrogen-bond acceptors (Lipinski definition) is 7. The molecule has 0 aromatic carbocycles. The lowest BCUT2D eigenvalue weighted by Gasteiger charge is -2.21. The van der Waals surface area contributed by atoms with Crippen molar-refractivity contribution in [3.05, 3.63) is 0 Å². The Balaban J connectivity index is 4.27. The van der Waals surface area contributed by atoms with Crippen LogP contribution in [-0.4, -0.2) is 95.0 Å². The first-order valence-electron chi connectivity index (χ1n) is 12.1. The molecule has 0 spiro atoms. The minimum atomic E-state index is -0.483. The number of unbranched alkanes of at least 4 members (excludes halogenated alkanes) is 3. The molecule has 0 aliphatic rings. The molecule has 6 N–H and O–H groups in total. The number of nitrogens with one attached hydrogen (secondary N) is 6. The zero-order valence-corrected chi connectivity index (χ0v) is 20.9. The van der Waals surface area contributed by atoms with Crippen LogP contribution in [0, 0.1) is 0 Å².